The van der Waals surface area contributed by atoms with Crippen LogP contribution >= 0.6 is 27.7 Å². The van der Waals surface area contributed by atoms with Gasteiger partial charge in [-0.1, -0.05) is 15.9 Å². The van der Waals surface area contributed by atoms with Crippen molar-refractivity contribution in [2.45, 2.75) is 11.3 Å². The maximum atomic E-state index is 12.3. The fourth-order valence-electron chi connectivity index (χ4n) is 2.10. The minimum atomic E-state index is -0.200. The van der Waals surface area contributed by atoms with Crippen LogP contribution < -0.4 is 10.6 Å². The Labute approximate surface area is 140 Å². The lowest BCUT2D eigenvalue weighted by Gasteiger charge is -2.10. The van der Waals surface area contributed by atoms with E-state index in [9.17, 15) is 9.59 Å². The zero-order valence-corrected chi connectivity index (χ0v) is 14.0. The van der Waals surface area contributed by atoms with Gasteiger partial charge in [0.15, 0.2) is 0 Å². The molecule has 2 amide bonds. The molecule has 3 rings (SSSR count). The van der Waals surface area contributed by atoms with Crippen molar-refractivity contribution in [2.75, 3.05) is 16.4 Å². The largest absolute Gasteiger partial charge is 0.325 e. The standard InChI is InChI=1S/C16H13BrN2O2S/c17-11-2-4-12(5-3-11)18-16(21)10-1-6-14-13(9-10)19-15(20)7-8-22-14/h1-6,9H,7-8H2,(H,18,21)(H,19,20). The number of benzene rings is 2. The molecule has 0 bridgehead atoms. The minimum absolute atomic E-state index is 0.0169. The van der Waals surface area contributed by atoms with E-state index in [1.807, 2.05) is 30.3 Å². The van der Waals surface area contributed by atoms with E-state index in [1.165, 1.54) is 0 Å². The molecule has 2 N–H and O–H groups in total. The molecule has 0 fully saturated rings. The van der Waals surface area contributed by atoms with Gasteiger partial charge in [-0.2, -0.15) is 0 Å². The lowest BCUT2D eigenvalue weighted by Crippen LogP contribution is -2.14. The minimum Gasteiger partial charge on any atom is -0.325 e. The Kier molecular flexibility index (Phi) is 4.49. The molecule has 1 heterocycles. The Morgan fingerprint density at radius 3 is 2.73 bits per heavy atom. The molecule has 0 unspecified atom stereocenters. The van der Waals surface area contributed by atoms with Gasteiger partial charge in [-0.05, 0) is 42.5 Å². The van der Waals surface area contributed by atoms with Crippen LogP contribution in [0, 0.1) is 0 Å². The predicted molar refractivity (Wildman–Crippen MR) is 92.5 cm³/mol. The molecule has 2 aromatic carbocycles. The van der Waals surface area contributed by atoms with E-state index < -0.39 is 0 Å². The molecule has 112 valence electrons. The molecular formula is C16H13BrN2O2S. The summed E-state index contributed by atoms with van der Waals surface area (Å²) >= 11 is 4.97. The second-order valence-electron chi connectivity index (χ2n) is 4.82. The van der Waals surface area contributed by atoms with Gasteiger partial charge in [0.05, 0.1) is 5.69 Å². The fraction of sp³-hybridized carbons (Fsp3) is 0.125. The smallest absolute Gasteiger partial charge is 0.255 e. The van der Waals surface area contributed by atoms with Gasteiger partial charge in [-0.25, -0.2) is 0 Å². The van der Waals surface area contributed by atoms with Crippen molar-refractivity contribution in [1.82, 2.24) is 0 Å². The molecule has 6 heteroatoms. The third kappa shape index (κ3) is 3.51. The monoisotopic (exact) mass is 376 g/mol. The van der Waals surface area contributed by atoms with Gasteiger partial charge in [-0.15, -0.1) is 11.8 Å². The molecule has 0 aromatic heterocycles. The van der Waals surface area contributed by atoms with Crippen molar-refractivity contribution in [3.8, 4) is 0 Å². The second-order valence-corrected chi connectivity index (χ2v) is 6.87. The van der Waals surface area contributed by atoms with Crippen LogP contribution in [0.1, 0.15) is 16.8 Å². The highest BCUT2D eigenvalue weighted by Crippen LogP contribution is 2.31. The number of nitrogens with one attached hydrogen (secondary N) is 2. The SMILES string of the molecule is O=C1CCSc2ccc(C(=O)Nc3ccc(Br)cc3)cc2N1. The highest BCUT2D eigenvalue weighted by molar-refractivity contribution is 9.10. The van der Waals surface area contributed by atoms with Crippen molar-refractivity contribution in [2.24, 2.45) is 0 Å². The highest BCUT2D eigenvalue weighted by atomic mass is 79.9. The van der Waals surface area contributed by atoms with E-state index in [2.05, 4.69) is 26.6 Å². The first-order chi connectivity index (χ1) is 10.6. The van der Waals surface area contributed by atoms with Crippen LogP contribution in [0.15, 0.2) is 51.8 Å². The molecule has 1 aliphatic rings. The summed E-state index contributed by atoms with van der Waals surface area (Å²) in [6.07, 6.45) is 0.486. The summed E-state index contributed by atoms with van der Waals surface area (Å²) in [5, 5.41) is 5.68. The first kappa shape index (κ1) is 15.1. The van der Waals surface area contributed by atoms with Gasteiger partial charge in [0.2, 0.25) is 5.91 Å². The maximum absolute atomic E-state index is 12.3. The van der Waals surface area contributed by atoms with E-state index in [4.69, 9.17) is 0 Å². The number of rotatable bonds is 2. The summed E-state index contributed by atoms with van der Waals surface area (Å²) in [5.41, 5.74) is 1.95. The Balaban J connectivity index is 1.81. The van der Waals surface area contributed by atoms with E-state index in [1.54, 1.807) is 23.9 Å². The summed E-state index contributed by atoms with van der Waals surface area (Å²) in [4.78, 5) is 24.9. The van der Waals surface area contributed by atoms with Crippen LogP contribution in [-0.2, 0) is 4.79 Å². The van der Waals surface area contributed by atoms with Gasteiger partial charge in [0.25, 0.3) is 5.91 Å². The molecule has 0 spiro atoms. The van der Waals surface area contributed by atoms with Crippen molar-refractivity contribution < 1.29 is 9.59 Å². The van der Waals surface area contributed by atoms with E-state index in [0.29, 0.717) is 17.7 Å². The number of hydrogen-bond acceptors (Lipinski definition) is 3. The summed E-state index contributed by atoms with van der Waals surface area (Å²) in [6, 6.07) is 12.7. The van der Waals surface area contributed by atoms with Crippen LogP contribution in [0.4, 0.5) is 11.4 Å². The quantitative estimate of drug-likeness (QED) is 0.827. The van der Waals surface area contributed by atoms with Gasteiger partial charge in [0, 0.05) is 32.8 Å². The molecule has 0 radical (unpaired) electrons. The zero-order chi connectivity index (χ0) is 15.5. The average Bonchev–Trinajstić information content (AvgIpc) is 2.69. The Hall–Kier alpha value is -1.79. The van der Waals surface area contributed by atoms with Crippen molar-refractivity contribution >= 4 is 50.9 Å². The Bertz CT molecular complexity index is 731. The van der Waals surface area contributed by atoms with Crippen LogP contribution in [-0.4, -0.2) is 17.6 Å². The number of thioether (sulfide) groups is 1. The van der Waals surface area contributed by atoms with Gasteiger partial charge >= 0.3 is 0 Å². The number of carbonyl (C=O) groups is 2. The molecule has 0 aliphatic carbocycles. The van der Waals surface area contributed by atoms with Gasteiger partial charge in [0.1, 0.15) is 0 Å². The highest BCUT2D eigenvalue weighted by Gasteiger charge is 2.15. The zero-order valence-electron chi connectivity index (χ0n) is 11.6. The lowest BCUT2D eigenvalue weighted by atomic mass is 10.1. The van der Waals surface area contributed by atoms with Gasteiger partial charge in [-0.3, -0.25) is 9.59 Å². The predicted octanol–water partition coefficient (Wildman–Crippen LogP) is 4.14. The number of hydrogen-bond donors (Lipinski definition) is 2. The number of anilines is 2. The summed E-state index contributed by atoms with van der Waals surface area (Å²) < 4.78 is 0.954. The van der Waals surface area contributed by atoms with Crippen molar-refractivity contribution in [1.29, 1.82) is 0 Å². The van der Waals surface area contributed by atoms with Gasteiger partial charge < -0.3 is 10.6 Å². The molecule has 0 saturated carbocycles. The van der Waals surface area contributed by atoms with Crippen LogP contribution in [0.5, 0.6) is 0 Å². The molecule has 2 aromatic rings. The summed E-state index contributed by atoms with van der Waals surface area (Å²) in [7, 11) is 0. The van der Waals surface area contributed by atoms with E-state index in [0.717, 1.165) is 20.8 Å². The molecule has 1 aliphatic heterocycles. The van der Waals surface area contributed by atoms with Crippen molar-refractivity contribution in [3.05, 3.63) is 52.5 Å². The maximum Gasteiger partial charge on any atom is 0.255 e. The van der Waals surface area contributed by atoms with Crippen molar-refractivity contribution in [3.63, 3.8) is 0 Å². The summed E-state index contributed by atoms with van der Waals surface area (Å²) in [6.45, 7) is 0. The molecule has 22 heavy (non-hydrogen) atoms. The lowest BCUT2D eigenvalue weighted by molar-refractivity contribution is -0.115. The van der Waals surface area contributed by atoms with Crippen LogP contribution in [0.3, 0.4) is 0 Å². The summed E-state index contributed by atoms with van der Waals surface area (Å²) in [5.74, 6) is 0.536. The fourth-order valence-corrected chi connectivity index (χ4v) is 3.30. The average molecular weight is 377 g/mol. The van der Waals surface area contributed by atoms with Crippen LogP contribution in [0.25, 0.3) is 0 Å². The number of halogens is 1. The second kappa shape index (κ2) is 6.54. The Morgan fingerprint density at radius 2 is 1.95 bits per heavy atom. The Morgan fingerprint density at radius 1 is 1.18 bits per heavy atom. The number of fused-ring (bicyclic) bond motifs is 1. The number of carbonyl (C=O) groups excluding carboxylic acids is 2. The molecular weight excluding hydrogens is 364 g/mol. The third-order valence-electron chi connectivity index (χ3n) is 3.20. The first-order valence-electron chi connectivity index (χ1n) is 6.75. The first-order valence-corrected chi connectivity index (χ1v) is 8.53. The molecule has 0 atom stereocenters. The van der Waals surface area contributed by atoms with E-state index in [-0.39, 0.29) is 11.8 Å². The molecule has 0 saturated heterocycles. The topological polar surface area (TPSA) is 58.2 Å². The van der Waals surface area contributed by atoms with E-state index >= 15 is 0 Å². The molecule has 4 nitrogen and oxygen atoms in total. The van der Waals surface area contributed by atoms with Crippen LogP contribution in [0.2, 0.25) is 0 Å². The normalized spacial score (nSPS) is 13.8. The number of amides is 2. The third-order valence-corrected chi connectivity index (χ3v) is 4.81.